The van der Waals surface area contributed by atoms with Crippen molar-refractivity contribution in [3.63, 3.8) is 0 Å². The van der Waals surface area contributed by atoms with E-state index in [0.717, 1.165) is 6.42 Å². The minimum absolute atomic E-state index is 0.113. The standard InChI is InChI=1S/C10H12ClFO/c1-2-3-9(13)8-4-6-10(11,12)7-5-8/h4-8H,2-3H2,1H3. The zero-order valence-electron chi connectivity index (χ0n) is 7.47. The lowest BCUT2D eigenvalue weighted by Gasteiger charge is -2.15. The SMILES string of the molecule is CCCC(=O)C1C=CC(F)(Cl)C=C1. The van der Waals surface area contributed by atoms with Gasteiger partial charge in [0.15, 0.2) is 0 Å². The van der Waals surface area contributed by atoms with Crippen molar-refractivity contribution in [1.82, 2.24) is 0 Å². The van der Waals surface area contributed by atoms with Gasteiger partial charge in [0.2, 0.25) is 5.13 Å². The molecule has 0 bridgehead atoms. The highest BCUT2D eigenvalue weighted by Gasteiger charge is 2.24. The van der Waals surface area contributed by atoms with E-state index in [2.05, 4.69) is 0 Å². The van der Waals surface area contributed by atoms with Crippen LogP contribution in [0.4, 0.5) is 4.39 Å². The molecule has 0 saturated carbocycles. The normalized spacial score (nSPS) is 32.1. The highest BCUT2D eigenvalue weighted by Crippen LogP contribution is 2.27. The molecule has 0 saturated heterocycles. The van der Waals surface area contributed by atoms with Crippen molar-refractivity contribution >= 4 is 17.4 Å². The first-order valence-electron chi connectivity index (χ1n) is 4.34. The molecule has 3 heteroatoms. The summed E-state index contributed by atoms with van der Waals surface area (Å²) in [6, 6.07) is 0. The average molecular weight is 203 g/mol. The molecular weight excluding hydrogens is 191 g/mol. The van der Waals surface area contributed by atoms with Gasteiger partial charge in [0.05, 0.1) is 5.92 Å². The van der Waals surface area contributed by atoms with Crippen molar-refractivity contribution in [2.24, 2.45) is 5.92 Å². The van der Waals surface area contributed by atoms with Crippen LogP contribution in [0.25, 0.3) is 0 Å². The summed E-state index contributed by atoms with van der Waals surface area (Å²) in [6.45, 7) is 1.94. The van der Waals surface area contributed by atoms with Gasteiger partial charge in [-0.15, -0.1) is 0 Å². The Hall–Kier alpha value is -0.630. The highest BCUT2D eigenvalue weighted by atomic mass is 35.5. The number of carbonyl (C=O) groups excluding carboxylic acids is 1. The summed E-state index contributed by atoms with van der Waals surface area (Å²) in [5.41, 5.74) is 0. The zero-order chi connectivity index (χ0) is 9.90. The first-order valence-corrected chi connectivity index (χ1v) is 4.72. The third-order valence-electron chi connectivity index (χ3n) is 1.92. The number of allylic oxidation sites excluding steroid dienone is 4. The van der Waals surface area contributed by atoms with Crippen molar-refractivity contribution < 1.29 is 9.18 Å². The Bertz CT molecular complexity index is 240. The number of hydrogen-bond donors (Lipinski definition) is 0. The van der Waals surface area contributed by atoms with Crippen LogP contribution in [-0.4, -0.2) is 10.9 Å². The minimum Gasteiger partial charge on any atom is -0.299 e. The molecular formula is C10H12ClFO. The molecule has 13 heavy (non-hydrogen) atoms. The molecule has 0 N–H and O–H groups in total. The van der Waals surface area contributed by atoms with E-state index in [1.54, 1.807) is 0 Å². The maximum absolute atomic E-state index is 13.0. The van der Waals surface area contributed by atoms with E-state index in [9.17, 15) is 9.18 Å². The molecule has 0 spiro atoms. The number of halogens is 2. The molecule has 1 aliphatic rings. The van der Waals surface area contributed by atoms with Crippen LogP contribution in [0.2, 0.25) is 0 Å². The van der Waals surface area contributed by atoms with Gasteiger partial charge in [-0.25, -0.2) is 4.39 Å². The van der Waals surface area contributed by atoms with Crippen LogP contribution in [-0.2, 0) is 4.79 Å². The van der Waals surface area contributed by atoms with E-state index in [-0.39, 0.29) is 11.7 Å². The van der Waals surface area contributed by atoms with Crippen molar-refractivity contribution in [2.45, 2.75) is 24.9 Å². The predicted molar refractivity (Wildman–Crippen MR) is 51.4 cm³/mol. The minimum atomic E-state index is -1.90. The maximum atomic E-state index is 13.0. The van der Waals surface area contributed by atoms with Crippen LogP contribution < -0.4 is 0 Å². The molecule has 0 radical (unpaired) electrons. The summed E-state index contributed by atoms with van der Waals surface area (Å²) in [5.74, 6) is -0.176. The number of carbonyl (C=O) groups is 1. The summed E-state index contributed by atoms with van der Waals surface area (Å²) < 4.78 is 13.0. The molecule has 0 atom stereocenters. The number of ketones is 1. The van der Waals surface area contributed by atoms with Gasteiger partial charge < -0.3 is 0 Å². The van der Waals surface area contributed by atoms with Crippen molar-refractivity contribution in [1.29, 1.82) is 0 Å². The quantitative estimate of drug-likeness (QED) is 0.508. The first-order chi connectivity index (χ1) is 6.05. The molecule has 1 rings (SSSR count). The molecule has 0 heterocycles. The van der Waals surface area contributed by atoms with Crippen molar-refractivity contribution in [3.05, 3.63) is 24.3 Å². The lowest BCUT2D eigenvalue weighted by molar-refractivity contribution is -0.120. The second-order valence-corrected chi connectivity index (χ2v) is 3.71. The van der Waals surface area contributed by atoms with Gasteiger partial charge in [0.25, 0.3) is 0 Å². The molecule has 0 aliphatic heterocycles. The lowest BCUT2D eigenvalue weighted by atomic mass is 9.95. The maximum Gasteiger partial charge on any atom is 0.220 e. The second kappa shape index (κ2) is 4.05. The van der Waals surface area contributed by atoms with E-state index in [1.165, 1.54) is 24.3 Å². The number of rotatable bonds is 3. The van der Waals surface area contributed by atoms with Crippen LogP contribution in [0.3, 0.4) is 0 Å². The molecule has 0 aromatic heterocycles. The fourth-order valence-electron chi connectivity index (χ4n) is 1.21. The fraction of sp³-hybridized carbons (Fsp3) is 0.500. The van der Waals surface area contributed by atoms with Crippen LogP contribution >= 0.6 is 11.6 Å². The van der Waals surface area contributed by atoms with E-state index in [4.69, 9.17) is 11.6 Å². The second-order valence-electron chi connectivity index (χ2n) is 3.13. The van der Waals surface area contributed by atoms with E-state index in [1.807, 2.05) is 6.92 Å². The van der Waals surface area contributed by atoms with Crippen LogP contribution in [0.15, 0.2) is 24.3 Å². The van der Waals surface area contributed by atoms with Gasteiger partial charge in [-0.2, -0.15) is 0 Å². The Balaban J connectivity index is 2.59. The molecule has 1 nitrogen and oxygen atoms in total. The van der Waals surface area contributed by atoms with Gasteiger partial charge in [-0.1, -0.05) is 30.7 Å². The third-order valence-corrected chi connectivity index (χ3v) is 2.17. The molecule has 1 aliphatic carbocycles. The summed E-state index contributed by atoms with van der Waals surface area (Å²) in [5, 5.41) is -1.90. The first kappa shape index (κ1) is 10.5. The summed E-state index contributed by atoms with van der Waals surface area (Å²) in [7, 11) is 0. The van der Waals surface area contributed by atoms with E-state index < -0.39 is 5.13 Å². The highest BCUT2D eigenvalue weighted by molar-refractivity contribution is 6.25. The molecule has 0 unspecified atom stereocenters. The van der Waals surface area contributed by atoms with Crippen molar-refractivity contribution in [3.8, 4) is 0 Å². The number of alkyl halides is 2. The van der Waals surface area contributed by atoms with Gasteiger partial charge in [-0.05, 0) is 18.6 Å². The Morgan fingerprint density at radius 1 is 1.54 bits per heavy atom. The summed E-state index contributed by atoms with van der Waals surface area (Å²) in [6.07, 6.45) is 6.81. The molecule has 0 aromatic rings. The molecule has 0 amide bonds. The summed E-state index contributed by atoms with van der Waals surface area (Å²) >= 11 is 5.37. The van der Waals surface area contributed by atoms with Crippen molar-refractivity contribution in [2.75, 3.05) is 0 Å². The smallest absolute Gasteiger partial charge is 0.220 e. The Kier molecular flexibility index (Phi) is 3.26. The summed E-state index contributed by atoms with van der Waals surface area (Å²) in [4.78, 5) is 11.3. The van der Waals surface area contributed by atoms with Crippen LogP contribution in [0.5, 0.6) is 0 Å². The predicted octanol–water partition coefficient (Wildman–Crippen LogP) is 3.00. The van der Waals surface area contributed by atoms with E-state index in [0.29, 0.717) is 6.42 Å². The van der Waals surface area contributed by atoms with Crippen LogP contribution in [0.1, 0.15) is 19.8 Å². The molecule has 0 aromatic carbocycles. The number of hydrogen-bond acceptors (Lipinski definition) is 1. The van der Waals surface area contributed by atoms with Gasteiger partial charge in [0.1, 0.15) is 5.78 Å². The monoisotopic (exact) mass is 202 g/mol. The Labute approximate surface area is 82.3 Å². The Morgan fingerprint density at radius 3 is 2.54 bits per heavy atom. The topological polar surface area (TPSA) is 17.1 Å². The third kappa shape index (κ3) is 2.96. The fourth-order valence-corrected chi connectivity index (χ4v) is 1.36. The molecule has 0 fully saturated rings. The van der Waals surface area contributed by atoms with Gasteiger partial charge >= 0.3 is 0 Å². The zero-order valence-corrected chi connectivity index (χ0v) is 8.22. The lowest BCUT2D eigenvalue weighted by Crippen LogP contribution is -2.17. The van der Waals surface area contributed by atoms with Crippen LogP contribution in [0, 0.1) is 5.92 Å². The van der Waals surface area contributed by atoms with E-state index >= 15 is 0 Å². The van der Waals surface area contributed by atoms with Gasteiger partial charge in [-0.3, -0.25) is 4.79 Å². The average Bonchev–Trinajstić information content (AvgIpc) is 2.04. The largest absolute Gasteiger partial charge is 0.299 e. The number of Topliss-reactive ketones (excluding diaryl/α,β-unsaturated/α-hetero) is 1. The Morgan fingerprint density at radius 2 is 2.08 bits per heavy atom. The molecule has 72 valence electrons. The van der Waals surface area contributed by atoms with Gasteiger partial charge in [0, 0.05) is 6.42 Å².